The number of aliphatic hydroxyl groups is 1. The minimum absolute atomic E-state index is 0.230. The molecule has 150 valence electrons. The maximum atomic E-state index is 12.7. The molecule has 3 heterocycles. The second-order valence-corrected chi connectivity index (χ2v) is 6.55. The average Bonchev–Trinajstić information content (AvgIpc) is 3.26. The largest absolute Gasteiger partial charge is 0.469 e. The summed E-state index contributed by atoms with van der Waals surface area (Å²) in [6.07, 6.45) is -2.82. The molecule has 0 amide bonds. The Morgan fingerprint density at radius 2 is 1.97 bits per heavy atom. The zero-order valence-corrected chi connectivity index (χ0v) is 15.3. The summed E-state index contributed by atoms with van der Waals surface area (Å²) in [5.41, 5.74) is 0.998. The average molecular weight is 402 g/mol. The first-order valence-corrected chi connectivity index (χ1v) is 8.79. The van der Waals surface area contributed by atoms with Crippen LogP contribution >= 0.6 is 0 Å². The fourth-order valence-corrected chi connectivity index (χ4v) is 3.10. The minimum Gasteiger partial charge on any atom is -0.469 e. The number of nitrogens with zero attached hydrogens (tertiary/aromatic N) is 3. The molecule has 1 unspecified atom stereocenters. The number of benzene rings is 1. The van der Waals surface area contributed by atoms with Crippen molar-refractivity contribution in [3.05, 3.63) is 77.5 Å². The van der Waals surface area contributed by atoms with Gasteiger partial charge in [0, 0.05) is 17.1 Å². The fraction of sp³-hybridized carbons (Fsp3) is 0.200. The van der Waals surface area contributed by atoms with Gasteiger partial charge in [-0.1, -0.05) is 18.2 Å². The molecule has 29 heavy (non-hydrogen) atoms. The van der Waals surface area contributed by atoms with E-state index >= 15 is 0 Å². The van der Waals surface area contributed by atoms with Crippen LogP contribution in [-0.2, 0) is 12.7 Å². The number of para-hydroxylation sites is 1. The number of halogens is 3. The summed E-state index contributed by atoms with van der Waals surface area (Å²) in [4.78, 5) is 3.49. The van der Waals surface area contributed by atoms with Crippen molar-refractivity contribution in [3.8, 4) is 0 Å². The van der Waals surface area contributed by atoms with Crippen molar-refractivity contribution in [1.29, 1.82) is 0 Å². The molecule has 0 saturated carbocycles. The third kappa shape index (κ3) is 3.81. The molecule has 0 aliphatic rings. The van der Waals surface area contributed by atoms with Crippen molar-refractivity contribution in [3.63, 3.8) is 0 Å². The second-order valence-electron chi connectivity index (χ2n) is 6.55. The molecule has 0 bridgehead atoms. The summed E-state index contributed by atoms with van der Waals surface area (Å²) in [6, 6.07) is 11.4. The Morgan fingerprint density at radius 1 is 1.17 bits per heavy atom. The van der Waals surface area contributed by atoms with Crippen LogP contribution in [0.5, 0.6) is 0 Å². The number of anilines is 1. The Kier molecular flexibility index (Phi) is 4.75. The van der Waals surface area contributed by atoms with Crippen LogP contribution in [0.15, 0.2) is 59.3 Å². The third-order valence-corrected chi connectivity index (χ3v) is 4.57. The van der Waals surface area contributed by atoms with Gasteiger partial charge in [-0.15, -0.1) is 0 Å². The van der Waals surface area contributed by atoms with Crippen LogP contribution < -0.4 is 5.32 Å². The molecule has 1 atom stereocenters. The molecule has 0 radical (unpaired) electrons. The van der Waals surface area contributed by atoms with Gasteiger partial charge in [-0.3, -0.25) is 9.67 Å². The zero-order chi connectivity index (χ0) is 20.6. The van der Waals surface area contributed by atoms with Gasteiger partial charge < -0.3 is 14.8 Å². The van der Waals surface area contributed by atoms with Gasteiger partial charge in [0.05, 0.1) is 18.3 Å². The summed E-state index contributed by atoms with van der Waals surface area (Å²) >= 11 is 0. The van der Waals surface area contributed by atoms with E-state index in [0.29, 0.717) is 22.7 Å². The van der Waals surface area contributed by atoms with Gasteiger partial charge in [0.2, 0.25) is 0 Å². The van der Waals surface area contributed by atoms with Crippen molar-refractivity contribution in [2.75, 3.05) is 5.32 Å². The summed E-state index contributed by atoms with van der Waals surface area (Å²) in [6.45, 7) is 1.97. The molecular weight excluding hydrogens is 385 g/mol. The SMILES string of the molecule is Cc1occc1C(O)Nc1nn(Cc2ccc(C(F)(F)F)nc2)c2ccccc12. The summed E-state index contributed by atoms with van der Waals surface area (Å²) < 4.78 is 45.0. The highest BCUT2D eigenvalue weighted by molar-refractivity contribution is 5.90. The number of fused-ring (bicyclic) bond motifs is 1. The third-order valence-electron chi connectivity index (χ3n) is 4.57. The number of alkyl halides is 3. The van der Waals surface area contributed by atoms with Crippen LogP contribution in [0.25, 0.3) is 10.9 Å². The molecular formula is C20H17F3N4O2. The topological polar surface area (TPSA) is 76.1 Å². The highest BCUT2D eigenvalue weighted by atomic mass is 19.4. The highest BCUT2D eigenvalue weighted by Gasteiger charge is 2.32. The van der Waals surface area contributed by atoms with E-state index in [1.807, 2.05) is 24.3 Å². The standard InChI is InChI=1S/C20H17F3N4O2/c1-12-14(8-9-29-12)19(28)25-18-15-4-2-3-5-16(15)27(26-18)11-13-6-7-17(24-10-13)20(21,22)23/h2-10,19,28H,11H2,1H3,(H,25,26). The van der Waals surface area contributed by atoms with Crippen molar-refractivity contribution in [2.24, 2.45) is 0 Å². The van der Waals surface area contributed by atoms with E-state index in [1.54, 1.807) is 17.7 Å². The lowest BCUT2D eigenvalue weighted by Crippen LogP contribution is -2.11. The monoisotopic (exact) mass is 402 g/mol. The molecule has 4 aromatic rings. The number of aromatic nitrogens is 3. The zero-order valence-electron chi connectivity index (χ0n) is 15.3. The number of hydrogen-bond donors (Lipinski definition) is 2. The first-order chi connectivity index (χ1) is 13.8. The van der Waals surface area contributed by atoms with Crippen molar-refractivity contribution in [2.45, 2.75) is 25.9 Å². The molecule has 0 spiro atoms. The van der Waals surface area contributed by atoms with Gasteiger partial charge in [-0.2, -0.15) is 18.3 Å². The number of aryl methyl sites for hydroxylation is 1. The smallest absolute Gasteiger partial charge is 0.433 e. The molecule has 0 fully saturated rings. The lowest BCUT2D eigenvalue weighted by atomic mass is 10.2. The lowest BCUT2D eigenvalue weighted by molar-refractivity contribution is -0.141. The van der Waals surface area contributed by atoms with Gasteiger partial charge >= 0.3 is 6.18 Å². The van der Waals surface area contributed by atoms with E-state index in [0.717, 1.165) is 17.0 Å². The van der Waals surface area contributed by atoms with Gasteiger partial charge in [-0.25, -0.2) is 0 Å². The van der Waals surface area contributed by atoms with E-state index in [1.165, 1.54) is 18.5 Å². The quantitative estimate of drug-likeness (QED) is 0.481. The maximum Gasteiger partial charge on any atom is 0.433 e. The van der Waals surface area contributed by atoms with Gasteiger partial charge in [0.15, 0.2) is 12.0 Å². The van der Waals surface area contributed by atoms with Crippen molar-refractivity contribution >= 4 is 16.7 Å². The van der Waals surface area contributed by atoms with Gasteiger partial charge in [0.25, 0.3) is 0 Å². The van der Waals surface area contributed by atoms with Crippen LogP contribution in [0.3, 0.4) is 0 Å². The van der Waals surface area contributed by atoms with Crippen LogP contribution in [0.1, 0.15) is 28.8 Å². The molecule has 2 N–H and O–H groups in total. The number of hydrogen-bond acceptors (Lipinski definition) is 5. The molecule has 1 aromatic carbocycles. The van der Waals surface area contributed by atoms with E-state index in [2.05, 4.69) is 15.4 Å². The first kappa shape index (κ1) is 19.0. The van der Waals surface area contributed by atoms with E-state index in [4.69, 9.17) is 4.42 Å². The Balaban J connectivity index is 1.63. The van der Waals surface area contributed by atoms with Crippen LogP contribution in [-0.4, -0.2) is 19.9 Å². The van der Waals surface area contributed by atoms with E-state index < -0.39 is 18.1 Å². The molecule has 0 aliphatic heterocycles. The minimum atomic E-state index is -4.48. The fourth-order valence-electron chi connectivity index (χ4n) is 3.10. The molecule has 3 aromatic heterocycles. The maximum absolute atomic E-state index is 12.7. The van der Waals surface area contributed by atoms with Gasteiger partial charge in [-0.05, 0) is 36.8 Å². The first-order valence-electron chi connectivity index (χ1n) is 8.79. The number of rotatable bonds is 5. The van der Waals surface area contributed by atoms with Crippen molar-refractivity contribution in [1.82, 2.24) is 14.8 Å². The van der Waals surface area contributed by atoms with Crippen LogP contribution in [0.2, 0.25) is 0 Å². The Morgan fingerprint density at radius 3 is 2.62 bits per heavy atom. The Bertz CT molecular complexity index is 1130. The summed E-state index contributed by atoms with van der Waals surface area (Å²) in [7, 11) is 0. The number of pyridine rings is 1. The summed E-state index contributed by atoms with van der Waals surface area (Å²) in [5.74, 6) is 1.04. The lowest BCUT2D eigenvalue weighted by Gasteiger charge is -2.11. The Labute approximate surface area is 163 Å². The Hall–Kier alpha value is -3.33. The van der Waals surface area contributed by atoms with E-state index in [-0.39, 0.29) is 6.54 Å². The molecule has 6 nitrogen and oxygen atoms in total. The normalized spacial score (nSPS) is 13.0. The number of nitrogens with one attached hydrogen (secondary N) is 1. The number of furan rings is 1. The van der Waals surface area contributed by atoms with Crippen LogP contribution in [0, 0.1) is 6.92 Å². The second kappa shape index (κ2) is 7.25. The predicted octanol–water partition coefficient (Wildman–Crippen LogP) is 4.50. The van der Waals surface area contributed by atoms with Crippen molar-refractivity contribution < 1.29 is 22.7 Å². The molecule has 0 aliphatic carbocycles. The summed E-state index contributed by atoms with van der Waals surface area (Å²) in [5, 5.41) is 18.7. The number of aliphatic hydroxyl groups excluding tert-OH is 1. The molecule has 9 heteroatoms. The van der Waals surface area contributed by atoms with Gasteiger partial charge in [0.1, 0.15) is 11.5 Å². The molecule has 0 saturated heterocycles. The highest BCUT2D eigenvalue weighted by Crippen LogP contribution is 2.29. The molecule has 4 rings (SSSR count). The van der Waals surface area contributed by atoms with E-state index in [9.17, 15) is 18.3 Å². The predicted molar refractivity (Wildman–Crippen MR) is 100 cm³/mol. The van der Waals surface area contributed by atoms with Crippen LogP contribution in [0.4, 0.5) is 19.0 Å².